The maximum Gasteiger partial charge on any atom is 0.151 e. The number of hydrogen-bond donors (Lipinski definition) is 1. The highest BCUT2D eigenvalue weighted by molar-refractivity contribution is 5.86. The molecular weight excluding hydrogens is 150 g/mol. The van der Waals surface area contributed by atoms with Gasteiger partial charge < -0.3 is 5.32 Å². The van der Waals surface area contributed by atoms with Crippen molar-refractivity contribution in [3.05, 3.63) is 0 Å². The fourth-order valence-corrected chi connectivity index (χ4v) is 1.70. The normalized spacial score (nSPS) is 23.4. The lowest BCUT2D eigenvalue weighted by Gasteiger charge is -2.07. The van der Waals surface area contributed by atoms with Crippen LogP contribution < -0.4 is 5.32 Å². The molecular formula is C10H19NO. The van der Waals surface area contributed by atoms with Crippen molar-refractivity contribution in [3.8, 4) is 0 Å². The molecule has 1 saturated heterocycles. The fourth-order valence-electron chi connectivity index (χ4n) is 1.70. The summed E-state index contributed by atoms with van der Waals surface area (Å²) >= 11 is 0. The number of carbonyl (C=O) groups is 1. The van der Waals surface area contributed by atoms with Gasteiger partial charge in [-0.1, -0.05) is 32.6 Å². The summed E-state index contributed by atoms with van der Waals surface area (Å²) in [5.74, 6) is 0.423. The molecule has 2 heteroatoms. The number of unbranched alkanes of at least 4 members (excludes halogenated alkanes) is 3. The standard InChI is InChI=1S/C10H19NO/c1-2-3-4-5-6-9-10(12)7-8-11-9/h9,11H,2-8H2,1H3. The second kappa shape index (κ2) is 5.31. The molecule has 1 aliphatic rings. The van der Waals surface area contributed by atoms with Gasteiger partial charge in [-0.3, -0.25) is 4.79 Å². The first kappa shape index (κ1) is 9.72. The van der Waals surface area contributed by atoms with E-state index < -0.39 is 0 Å². The number of rotatable bonds is 5. The molecule has 0 aliphatic carbocycles. The van der Waals surface area contributed by atoms with Crippen molar-refractivity contribution in [2.45, 2.75) is 51.5 Å². The predicted octanol–water partition coefficient (Wildman–Crippen LogP) is 1.89. The van der Waals surface area contributed by atoms with Crippen LogP contribution in [0.1, 0.15) is 45.4 Å². The highest BCUT2D eigenvalue weighted by Crippen LogP contribution is 2.10. The van der Waals surface area contributed by atoms with Gasteiger partial charge in [-0.2, -0.15) is 0 Å². The first-order valence-corrected chi connectivity index (χ1v) is 5.10. The van der Waals surface area contributed by atoms with Gasteiger partial charge in [0.25, 0.3) is 0 Å². The Labute approximate surface area is 74.7 Å². The summed E-state index contributed by atoms with van der Waals surface area (Å²) in [4.78, 5) is 11.2. The Balaban J connectivity index is 2.02. The van der Waals surface area contributed by atoms with E-state index in [1.54, 1.807) is 0 Å². The number of carbonyl (C=O) groups excluding carboxylic acids is 1. The number of hydrogen-bond acceptors (Lipinski definition) is 2. The molecule has 0 amide bonds. The molecule has 0 aromatic carbocycles. The van der Waals surface area contributed by atoms with Crippen molar-refractivity contribution in [2.75, 3.05) is 6.54 Å². The van der Waals surface area contributed by atoms with Crippen LogP contribution >= 0.6 is 0 Å². The second-order valence-electron chi connectivity index (χ2n) is 3.57. The summed E-state index contributed by atoms with van der Waals surface area (Å²) in [6, 6.07) is 0.196. The van der Waals surface area contributed by atoms with Crippen LogP contribution in [0.2, 0.25) is 0 Å². The van der Waals surface area contributed by atoms with Crippen LogP contribution in [-0.4, -0.2) is 18.4 Å². The molecule has 0 radical (unpaired) electrons. The second-order valence-corrected chi connectivity index (χ2v) is 3.57. The van der Waals surface area contributed by atoms with Gasteiger partial charge in [0.2, 0.25) is 0 Å². The van der Waals surface area contributed by atoms with Crippen molar-refractivity contribution in [3.63, 3.8) is 0 Å². The molecule has 2 nitrogen and oxygen atoms in total. The molecule has 1 rings (SSSR count). The van der Waals surface area contributed by atoms with Crippen LogP contribution in [0.3, 0.4) is 0 Å². The summed E-state index contributed by atoms with van der Waals surface area (Å²) in [7, 11) is 0. The Morgan fingerprint density at radius 3 is 2.83 bits per heavy atom. The highest BCUT2D eigenvalue weighted by atomic mass is 16.1. The van der Waals surface area contributed by atoms with Crippen molar-refractivity contribution < 1.29 is 4.79 Å². The molecule has 1 aliphatic heterocycles. The highest BCUT2D eigenvalue weighted by Gasteiger charge is 2.22. The van der Waals surface area contributed by atoms with Crippen LogP contribution in [-0.2, 0) is 4.79 Å². The van der Waals surface area contributed by atoms with E-state index in [2.05, 4.69) is 12.2 Å². The van der Waals surface area contributed by atoms with E-state index in [0.717, 1.165) is 19.4 Å². The Hall–Kier alpha value is -0.370. The third kappa shape index (κ3) is 2.94. The quantitative estimate of drug-likeness (QED) is 0.637. The van der Waals surface area contributed by atoms with Crippen molar-refractivity contribution in [1.82, 2.24) is 5.32 Å². The van der Waals surface area contributed by atoms with Gasteiger partial charge in [0.05, 0.1) is 6.04 Å². The van der Waals surface area contributed by atoms with E-state index in [4.69, 9.17) is 0 Å². The van der Waals surface area contributed by atoms with Crippen LogP contribution in [0.15, 0.2) is 0 Å². The third-order valence-corrected chi connectivity index (χ3v) is 2.50. The molecule has 1 fully saturated rings. The maximum absolute atomic E-state index is 11.2. The van der Waals surface area contributed by atoms with Crippen LogP contribution in [0.25, 0.3) is 0 Å². The van der Waals surface area contributed by atoms with Gasteiger partial charge in [-0.15, -0.1) is 0 Å². The summed E-state index contributed by atoms with van der Waals surface area (Å²) < 4.78 is 0. The monoisotopic (exact) mass is 169 g/mol. The average molecular weight is 169 g/mol. The van der Waals surface area contributed by atoms with Gasteiger partial charge >= 0.3 is 0 Å². The van der Waals surface area contributed by atoms with Crippen LogP contribution in [0, 0.1) is 0 Å². The zero-order valence-corrected chi connectivity index (χ0v) is 7.94. The molecule has 0 saturated carbocycles. The average Bonchev–Trinajstić information content (AvgIpc) is 2.46. The number of Topliss-reactive ketones (excluding diaryl/α,β-unsaturated/α-hetero) is 1. The van der Waals surface area contributed by atoms with E-state index in [9.17, 15) is 4.79 Å². The van der Waals surface area contributed by atoms with Crippen LogP contribution in [0.5, 0.6) is 0 Å². The topological polar surface area (TPSA) is 29.1 Å². The Bertz CT molecular complexity index is 145. The van der Waals surface area contributed by atoms with E-state index in [1.165, 1.54) is 25.7 Å². The summed E-state index contributed by atoms with van der Waals surface area (Å²) in [6.07, 6.45) is 6.86. The molecule has 0 spiro atoms. The first-order valence-electron chi connectivity index (χ1n) is 5.10. The lowest BCUT2D eigenvalue weighted by atomic mass is 10.1. The zero-order chi connectivity index (χ0) is 8.81. The van der Waals surface area contributed by atoms with E-state index in [1.807, 2.05) is 0 Å². The number of nitrogens with one attached hydrogen (secondary N) is 1. The van der Waals surface area contributed by atoms with Crippen LogP contribution in [0.4, 0.5) is 0 Å². The fraction of sp³-hybridized carbons (Fsp3) is 0.900. The largest absolute Gasteiger partial charge is 0.307 e. The third-order valence-electron chi connectivity index (χ3n) is 2.50. The predicted molar refractivity (Wildman–Crippen MR) is 50.2 cm³/mol. The molecule has 12 heavy (non-hydrogen) atoms. The first-order chi connectivity index (χ1) is 5.84. The molecule has 0 bridgehead atoms. The van der Waals surface area contributed by atoms with Gasteiger partial charge in [-0.25, -0.2) is 0 Å². The molecule has 1 unspecified atom stereocenters. The minimum absolute atomic E-state index is 0.196. The van der Waals surface area contributed by atoms with Gasteiger partial charge in [-0.05, 0) is 6.42 Å². The molecule has 1 N–H and O–H groups in total. The van der Waals surface area contributed by atoms with Crippen molar-refractivity contribution >= 4 is 5.78 Å². The molecule has 1 atom stereocenters. The van der Waals surface area contributed by atoms with Gasteiger partial charge in [0.15, 0.2) is 5.78 Å². The minimum Gasteiger partial charge on any atom is -0.307 e. The summed E-state index contributed by atoms with van der Waals surface area (Å²) in [5.41, 5.74) is 0. The lowest BCUT2D eigenvalue weighted by molar-refractivity contribution is -0.118. The molecule has 1 heterocycles. The summed E-state index contributed by atoms with van der Waals surface area (Å²) in [6.45, 7) is 3.11. The van der Waals surface area contributed by atoms with E-state index in [0.29, 0.717) is 5.78 Å². The van der Waals surface area contributed by atoms with Gasteiger partial charge in [0, 0.05) is 13.0 Å². The zero-order valence-electron chi connectivity index (χ0n) is 7.94. The Kier molecular flexibility index (Phi) is 4.30. The van der Waals surface area contributed by atoms with Crippen molar-refractivity contribution in [2.24, 2.45) is 0 Å². The number of ketones is 1. The lowest BCUT2D eigenvalue weighted by Crippen LogP contribution is -2.26. The maximum atomic E-state index is 11.2. The molecule has 0 aromatic heterocycles. The smallest absolute Gasteiger partial charge is 0.151 e. The Morgan fingerprint density at radius 2 is 2.25 bits per heavy atom. The molecule has 0 aromatic rings. The van der Waals surface area contributed by atoms with Gasteiger partial charge in [0.1, 0.15) is 0 Å². The Morgan fingerprint density at radius 1 is 1.42 bits per heavy atom. The van der Waals surface area contributed by atoms with E-state index in [-0.39, 0.29) is 6.04 Å². The van der Waals surface area contributed by atoms with Crippen molar-refractivity contribution in [1.29, 1.82) is 0 Å². The summed E-state index contributed by atoms with van der Waals surface area (Å²) in [5, 5.41) is 3.23. The van der Waals surface area contributed by atoms with E-state index >= 15 is 0 Å². The SMILES string of the molecule is CCCCCCC1NCCC1=O. The molecule has 70 valence electrons. The minimum atomic E-state index is 0.196.